The van der Waals surface area contributed by atoms with Crippen LogP contribution in [0.1, 0.15) is 26.2 Å². The highest BCUT2D eigenvalue weighted by molar-refractivity contribution is 7.91. The minimum absolute atomic E-state index is 0.00315. The second kappa shape index (κ2) is 7.93. The molecule has 0 saturated carbocycles. The van der Waals surface area contributed by atoms with Gasteiger partial charge in [0.15, 0.2) is 9.84 Å². The lowest BCUT2D eigenvalue weighted by Gasteiger charge is -2.29. The second-order valence-electron chi connectivity index (χ2n) is 6.17. The number of anilines is 1. The number of sulfone groups is 1. The first-order chi connectivity index (χ1) is 10.9. The maximum absolute atomic E-state index is 12.6. The number of carbonyl (C=O) groups is 1. The second-order valence-corrected chi connectivity index (χ2v) is 8.40. The minimum atomic E-state index is -2.94. The van der Waals surface area contributed by atoms with Gasteiger partial charge in [-0.05, 0) is 31.5 Å². The van der Waals surface area contributed by atoms with Crippen LogP contribution in [0.5, 0.6) is 0 Å². The molecule has 0 N–H and O–H groups in total. The van der Waals surface area contributed by atoms with Gasteiger partial charge in [-0.25, -0.2) is 8.42 Å². The van der Waals surface area contributed by atoms with Gasteiger partial charge < -0.3 is 4.90 Å². The predicted octanol–water partition coefficient (Wildman–Crippen LogP) is 1.94. The Morgan fingerprint density at radius 1 is 1.26 bits per heavy atom. The molecule has 23 heavy (non-hydrogen) atoms. The van der Waals surface area contributed by atoms with E-state index in [4.69, 9.17) is 0 Å². The molecule has 6 heteroatoms. The first-order valence-electron chi connectivity index (χ1n) is 8.19. The smallest absolute Gasteiger partial charge is 0.240 e. The number of benzene rings is 1. The van der Waals surface area contributed by atoms with E-state index in [2.05, 4.69) is 11.8 Å². The van der Waals surface area contributed by atoms with Crippen LogP contribution in [0.4, 0.5) is 5.69 Å². The molecule has 5 nitrogen and oxygen atoms in total. The summed E-state index contributed by atoms with van der Waals surface area (Å²) in [6.45, 7) is 3.14. The summed E-state index contributed by atoms with van der Waals surface area (Å²) in [6, 6.07) is 9.48. The zero-order valence-electron chi connectivity index (χ0n) is 13.9. The van der Waals surface area contributed by atoms with Crippen LogP contribution < -0.4 is 4.90 Å². The summed E-state index contributed by atoms with van der Waals surface area (Å²) >= 11 is 0. The molecule has 1 aromatic carbocycles. The van der Waals surface area contributed by atoms with Crippen LogP contribution in [-0.4, -0.2) is 56.9 Å². The Kier molecular flexibility index (Phi) is 6.18. The molecular weight excluding hydrogens is 312 g/mol. The predicted molar refractivity (Wildman–Crippen MR) is 93.4 cm³/mol. The summed E-state index contributed by atoms with van der Waals surface area (Å²) in [5.41, 5.74) is 0.854. The van der Waals surface area contributed by atoms with Crippen molar-refractivity contribution in [2.24, 2.45) is 0 Å². The largest absolute Gasteiger partial charge is 0.314 e. The Hall–Kier alpha value is -1.40. The number of hydrogen-bond donors (Lipinski definition) is 0. The van der Waals surface area contributed by atoms with Crippen LogP contribution in [-0.2, 0) is 14.6 Å². The highest BCUT2D eigenvalue weighted by Gasteiger charge is 2.33. The third kappa shape index (κ3) is 5.04. The number of amides is 1. The average molecular weight is 338 g/mol. The number of carbonyl (C=O) groups excluding carboxylic acids is 1. The van der Waals surface area contributed by atoms with Gasteiger partial charge in [-0.3, -0.25) is 9.69 Å². The molecule has 1 aromatic rings. The van der Waals surface area contributed by atoms with Crippen molar-refractivity contribution < 1.29 is 13.2 Å². The van der Waals surface area contributed by atoms with Gasteiger partial charge in [-0.1, -0.05) is 31.5 Å². The molecule has 128 valence electrons. The van der Waals surface area contributed by atoms with Gasteiger partial charge in [0, 0.05) is 18.8 Å². The molecular formula is C17H26N2O3S. The lowest BCUT2D eigenvalue weighted by Crippen LogP contribution is -2.44. The van der Waals surface area contributed by atoms with E-state index in [9.17, 15) is 13.2 Å². The average Bonchev–Trinajstić information content (AvgIpc) is 2.91. The van der Waals surface area contributed by atoms with Gasteiger partial charge in [0.2, 0.25) is 5.91 Å². The summed E-state index contributed by atoms with van der Waals surface area (Å²) in [6.07, 6.45) is 2.63. The molecule has 0 aliphatic carbocycles. The lowest BCUT2D eigenvalue weighted by atomic mass is 10.2. The van der Waals surface area contributed by atoms with Crippen molar-refractivity contribution in [1.29, 1.82) is 0 Å². The number of hydrogen-bond acceptors (Lipinski definition) is 4. The molecule has 1 atom stereocenters. The maximum Gasteiger partial charge on any atom is 0.240 e. The topological polar surface area (TPSA) is 57.7 Å². The van der Waals surface area contributed by atoms with E-state index in [1.807, 2.05) is 30.3 Å². The standard InChI is InChI=1S/C17H26N2O3S/c1-3-4-11-19(16-10-12-23(21,22)14-16)13-17(20)18(2)15-8-6-5-7-9-15/h5-9,16H,3-4,10-14H2,1-2H3/t16-/m1/s1. The van der Waals surface area contributed by atoms with E-state index < -0.39 is 9.84 Å². The van der Waals surface area contributed by atoms with E-state index in [0.29, 0.717) is 6.42 Å². The van der Waals surface area contributed by atoms with E-state index in [0.717, 1.165) is 25.1 Å². The van der Waals surface area contributed by atoms with E-state index in [1.165, 1.54) is 0 Å². The molecule has 1 aliphatic heterocycles. The fourth-order valence-electron chi connectivity index (χ4n) is 2.89. The van der Waals surface area contributed by atoms with Crippen molar-refractivity contribution >= 4 is 21.4 Å². The summed E-state index contributed by atoms with van der Waals surface area (Å²) in [5.74, 6) is 0.416. The number of likely N-dealkylation sites (N-methyl/N-ethyl adjacent to an activating group) is 1. The Balaban J connectivity index is 2.03. The molecule has 0 bridgehead atoms. The number of rotatable bonds is 7. The zero-order chi connectivity index (χ0) is 16.9. The van der Waals surface area contributed by atoms with Crippen molar-refractivity contribution in [3.63, 3.8) is 0 Å². The van der Waals surface area contributed by atoms with Gasteiger partial charge in [0.1, 0.15) is 0 Å². The molecule has 1 amide bonds. The molecule has 0 spiro atoms. The van der Waals surface area contributed by atoms with Crippen molar-refractivity contribution in [3.8, 4) is 0 Å². The van der Waals surface area contributed by atoms with Crippen molar-refractivity contribution in [1.82, 2.24) is 4.90 Å². The van der Waals surface area contributed by atoms with Crippen LogP contribution in [0.15, 0.2) is 30.3 Å². The summed E-state index contributed by atoms with van der Waals surface area (Å²) in [5, 5.41) is 0. The Morgan fingerprint density at radius 2 is 1.96 bits per heavy atom. The highest BCUT2D eigenvalue weighted by Crippen LogP contribution is 2.19. The third-order valence-electron chi connectivity index (χ3n) is 4.38. The number of para-hydroxylation sites is 1. The van der Waals surface area contributed by atoms with Crippen LogP contribution in [0.25, 0.3) is 0 Å². The normalized spacial score (nSPS) is 19.9. The minimum Gasteiger partial charge on any atom is -0.314 e. The van der Waals surface area contributed by atoms with Gasteiger partial charge in [-0.15, -0.1) is 0 Å². The molecule has 2 rings (SSSR count). The van der Waals surface area contributed by atoms with Crippen LogP contribution in [0.3, 0.4) is 0 Å². The van der Waals surface area contributed by atoms with Gasteiger partial charge in [-0.2, -0.15) is 0 Å². The molecule has 1 aliphatic rings. The van der Waals surface area contributed by atoms with Crippen molar-refractivity contribution in [3.05, 3.63) is 30.3 Å². The highest BCUT2D eigenvalue weighted by atomic mass is 32.2. The van der Waals surface area contributed by atoms with Crippen molar-refractivity contribution in [2.75, 3.05) is 36.5 Å². The Labute approximate surface area is 139 Å². The van der Waals surface area contributed by atoms with E-state index >= 15 is 0 Å². The van der Waals surface area contributed by atoms with E-state index in [-0.39, 0.29) is 30.0 Å². The van der Waals surface area contributed by atoms with E-state index in [1.54, 1.807) is 11.9 Å². The maximum atomic E-state index is 12.6. The molecule has 0 unspecified atom stereocenters. The van der Waals surface area contributed by atoms with Crippen molar-refractivity contribution in [2.45, 2.75) is 32.2 Å². The molecule has 0 radical (unpaired) electrons. The van der Waals surface area contributed by atoms with Gasteiger partial charge in [0.25, 0.3) is 0 Å². The van der Waals surface area contributed by atoms with Gasteiger partial charge in [0.05, 0.1) is 18.1 Å². The lowest BCUT2D eigenvalue weighted by molar-refractivity contribution is -0.119. The van der Waals surface area contributed by atoms with Gasteiger partial charge >= 0.3 is 0 Å². The number of nitrogens with zero attached hydrogens (tertiary/aromatic N) is 2. The zero-order valence-corrected chi connectivity index (χ0v) is 14.8. The summed E-state index contributed by atoms with van der Waals surface area (Å²) in [4.78, 5) is 16.3. The van der Waals surface area contributed by atoms with Crippen LogP contribution >= 0.6 is 0 Å². The van der Waals surface area contributed by atoms with Crippen LogP contribution in [0, 0.1) is 0 Å². The SMILES string of the molecule is CCCCN(CC(=O)N(C)c1ccccc1)[C@@H]1CCS(=O)(=O)C1. The fourth-order valence-corrected chi connectivity index (χ4v) is 4.65. The van der Waals surface area contributed by atoms with Crippen LogP contribution in [0.2, 0.25) is 0 Å². The first-order valence-corrected chi connectivity index (χ1v) is 10.0. The fraction of sp³-hybridized carbons (Fsp3) is 0.588. The summed E-state index contributed by atoms with van der Waals surface area (Å²) < 4.78 is 23.5. The monoisotopic (exact) mass is 338 g/mol. The first kappa shape index (κ1) is 17.9. The third-order valence-corrected chi connectivity index (χ3v) is 6.13. The summed E-state index contributed by atoms with van der Waals surface area (Å²) in [7, 11) is -1.18. The quantitative estimate of drug-likeness (QED) is 0.762. The Morgan fingerprint density at radius 3 is 2.52 bits per heavy atom. The Bertz CT molecular complexity index is 616. The molecule has 1 saturated heterocycles. The molecule has 1 heterocycles. The number of unbranched alkanes of at least 4 members (excludes halogenated alkanes) is 1. The molecule has 1 fully saturated rings. The molecule has 0 aromatic heterocycles.